The van der Waals surface area contributed by atoms with Crippen LogP contribution in [0.15, 0.2) is 206 Å². The molecule has 3 heterocycles. The summed E-state index contributed by atoms with van der Waals surface area (Å²) in [5.41, 5.74) is 14.5. The summed E-state index contributed by atoms with van der Waals surface area (Å²) in [7, 11) is 0. The molecule has 12 aromatic rings. The third-order valence-electron chi connectivity index (χ3n) is 11.7. The van der Waals surface area contributed by atoms with Gasteiger partial charge in [0.2, 0.25) is 0 Å². The highest BCUT2D eigenvalue weighted by Gasteiger charge is 2.21. The van der Waals surface area contributed by atoms with Crippen LogP contribution in [0.3, 0.4) is 0 Å². The summed E-state index contributed by atoms with van der Waals surface area (Å²) in [6.07, 6.45) is 0. The molecule has 0 saturated heterocycles. The molecule has 57 heavy (non-hydrogen) atoms. The van der Waals surface area contributed by atoms with E-state index in [0.717, 1.165) is 0 Å². The molecule has 0 aliphatic carbocycles. The van der Waals surface area contributed by atoms with Crippen molar-refractivity contribution in [3.63, 3.8) is 0 Å². The van der Waals surface area contributed by atoms with Crippen molar-refractivity contribution >= 4 is 75.1 Å². The molecule has 3 heteroatoms. The van der Waals surface area contributed by atoms with Crippen molar-refractivity contribution < 1.29 is 0 Å². The maximum Gasteiger partial charge on any atom is 0.0640 e. The van der Waals surface area contributed by atoms with Crippen molar-refractivity contribution in [3.8, 4) is 44.8 Å². The van der Waals surface area contributed by atoms with Gasteiger partial charge in [0.15, 0.2) is 0 Å². The molecule has 266 valence electrons. The molecule has 0 N–H and O–H groups in total. The Morgan fingerprint density at radius 3 is 1.61 bits per heavy atom. The van der Waals surface area contributed by atoms with E-state index in [9.17, 15) is 0 Å². The number of fused-ring (bicyclic) bond motifs is 9. The van der Waals surface area contributed by atoms with Crippen LogP contribution in [0.4, 0.5) is 0 Å². The van der Waals surface area contributed by atoms with E-state index in [2.05, 4.69) is 215 Å². The molecule has 0 saturated carbocycles. The second kappa shape index (κ2) is 12.7. The molecule has 0 radical (unpaired) electrons. The van der Waals surface area contributed by atoms with Crippen molar-refractivity contribution in [2.45, 2.75) is 0 Å². The molecule has 0 spiro atoms. The van der Waals surface area contributed by atoms with Crippen molar-refractivity contribution in [1.82, 2.24) is 9.13 Å². The topological polar surface area (TPSA) is 9.86 Å². The van der Waals surface area contributed by atoms with E-state index in [4.69, 9.17) is 0 Å². The minimum Gasteiger partial charge on any atom is -0.308 e. The molecule has 3 aromatic heterocycles. The third kappa shape index (κ3) is 4.89. The maximum atomic E-state index is 2.49. The first-order chi connectivity index (χ1) is 28.3. The minimum absolute atomic E-state index is 1.17. The highest BCUT2D eigenvalue weighted by atomic mass is 32.1. The Morgan fingerprint density at radius 1 is 0.298 bits per heavy atom. The number of thiophene rings is 1. The van der Waals surface area contributed by atoms with E-state index in [-0.39, 0.29) is 0 Å². The SMILES string of the molecule is c1ccc(-c2ccccc2-n2c3ccc(-c4ccc5c(c4)c4ccccc4n5-c4cccc5c4sc4ccccc45)cc3c3cccc(-c4ccccc4)c32)cc1. The zero-order chi connectivity index (χ0) is 37.5. The standard InChI is InChI=1S/C54H34N2S/c1-3-15-35(16-4-1)39-19-7-10-25-47(39)56-50-32-30-38(34-46(50)43-23-13-22-40(53(43)56)36-17-5-2-6-18-36)37-29-31-49-45(33-37)41-20-8-11-26-48(41)55(49)51-27-14-24-44-42-21-9-12-28-52(42)57-54(44)51/h1-34H. The highest BCUT2D eigenvalue weighted by molar-refractivity contribution is 7.26. The summed E-state index contributed by atoms with van der Waals surface area (Å²) in [5.74, 6) is 0. The first kappa shape index (κ1) is 32.1. The van der Waals surface area contributed by atoms with Gasteiger partial charge < -0.3 is 9.13 Å². The highest BCUT2D eigenvalue weighted by Crippen LogP contribution is 2.44. The van der Waals surface area contributed by atoms with Gasteiger partial charge in [-0.25, -0.2) is 0 Å². The molecule has 2 nitrogen and oxygen atoms in total. The van der Waals surface area contributed by atoms with Gasteiger partial charge in [-0.05, 0) is 70.8 Å². The number of para-hydroxylation sites is 3. The van der Waals surface area contributed by atoms with Gasteiger partial charge in [-0.2, -0.15) is 0 Å². The monoisotopic (exact) mass is 742 g/mol. The molecule has 0 bridgehead atoms. The van der Waals surface area contributed by atoms with Crippen LogP contribution in [0.25, 0.3) is 109 Å². The zero-order valence-electron chi connectivity index (χ0n) is 30.9. The molecule has 9 aromatic carbocycles. The molecule has 12 rings (SSSR count). The summed E-state index contributed by atoms with van der Waals surface area (Å²) < 4.78 is 7.60. The van der Waals surface area contributed by atoms with Gasteiger partial charge in [-0.3, -0.25) is 0 Å². The van der Waals surface area contributed by atoms with Crippen LogP contribution < -0.4 is 0 Å². The van der Waals surface area contributed by atoms with Gasteiger partial charge in [0.05, 0.1) is 38.1 Å². The Balaban J connectivity index is 1.09. The summed E-state index contributed by atoms with van der Waals surface area (Å²) in [6.45, 7) is 0. The predicted octanol–water partition coefficient (Wildman–Crippen LogP) is 15.2. The number of rotatable bonds is 5. The Kier molecular flexibility index (Phi) is 7.13. The molecular weight excluding hydrogens is 709 g/mol. The van der Waals surface area contributed by atoms with Crippen molar-refractivity contribution in [1.29, 1.82) is 0 Å². The van der Waals surface area contributed by atoms with Gasteiger partial charge >= 0.3 is 0 Å². The Morgan fingerprint density at radius 2 is 0.825 bits per heavy atom. The number of hydrogen-bond acceptors (Lipinski definition) is 1. The molecule has 0 fully saturated rings. The zero-order valence-corrected chi connectivity index (χ0v) is 31.7. The van der Waals surface area contributed by atoms with Crippen LogP contribution in [0.1, 0.15) is 0 Å². The van der Waals surface area contributed by atoms with Gasteiger partial charge in [0, 0.05) is 48.1 Å². The average Bonchev–Trinajstić information content (AvgIpc) is 3.94. The second-order valence-corrected chi connectivity index (χ2v) is 15.9. The smallest absolute Gasteiger partial charge is 0.0640 e. The molecule has 0 unspecified atom stereocenters. The molecular formula is C54H34N2S. The summed E-state index contributed by atoms with van der Waals surface area (Å²) in [5, 5.41) is 7.62. The summed E-state index contributed by atoms with van der Waals surface area (Å²) in [6, 6.07) is 75.6. The third-order valence-corrected chi connectivity index (χ3v) is 12.9. The fourth-order valence-electron chi connectivity index (χ4n) is 9.20. The van der Waals surface area contributed by atoms with E-state index in [1.54, 1.807) is 0 Å². The first-order valence-corrected chi connectivity index (χ1v) is 20.3. The predicted molar refractivity (Wildman–Crippen MR) is 244 cm³/mol. The molecule has 0 amide bonds. The fourth-order valence-corrected chi connectivity index (χ4v) is 10.4. The van der Waals surface area contributed by atoms with Crippen molar-refractivity contribution in [2.24, 2.45) is 0 Å². The van der Waals surface area contributed by atoms with Gasteiger partial charge in [0.1, 0.15) is 0 Å². The molecule has 0 aliphatic heterocycles. The normalized spacial score (nSPS) is 11.9. The van der Waals surface area contributed by atoms with Crippen molar-refractivity contribution in [3.05, 3.63) is 206 Å². The van der Waals surface area contributed by atoms with E-state index >= 15 is 0 Å². The lowest BCUT2D eigenvalue weighted by Crippen LogP contribution is -1.98. The van der Waals surface area contributed by atoms with E-state index < -0.39 is 0 Å². The first-order valence-electron chi connectivity index (χ1n) is 19.5. The van der Waals surface area contributed by atoms with Crippen LogP contribution in [0, 0.1) is 0 Å². The minimum atomic E-state index is 1.17. The lowest BCUT2D eigenvalue weighted by atomic mass is 9.99. The molecule has 0 aliphatic rings. The largest absolute Gasteiger partial charge is 0.308 e. The lowest BCUT2D eigenvalue weighted by Gasteiger charge is -2.16. The van der Waals surface area contributed by atoms with Crippen LogP contribution >= 0.6 is 11.3 Å². The maximum absolute atomic E-state index is 2.49. The summed E-state index contributed by atoms with van der Waals surface area (Å²) >= 11 is 1.88. The fraction of sp³-hybridized carbons (Fsp3) is 0. The Bertz CT molecular complexity index is 3510. The number of nitrogens with zero attached hydrogens (tertiary/aromatic N) is 2. The lowest BCUT2D eigenvalue weighted by molar-refractivity contribution is 1.18. The van der Waals surface area contributed by atoms with Crippen LogP contribution in [-0.4, -0.2) is 9.13 Å². The Hall–Kier alpha value is -7.20. The van der Waals surface area contributed by atoms with E-state index in [1.165, 1.54) is 109 Å². The van der Waals surface area contributed by atoms with Crippen LogP contribution in [0.5, 0.6) is 0 Å². The number of hydrogen-bond donors (Lipinski definition) is 0. The summed E-state index contributed by atoms with van der Waals surface area (Å²) in [4.78, 5) is 0. The van der Waals surface area contributed by atoms with E-state index in [1.807, 2.05) is 11.3 Å². The van der Waals surface area contributed by atoms with Gasteiger partial charge in [-0.1, -0.05) is 158 Å². The Labute approximate surface area is 333 Å². The van der Waals surface area contributed by atoms with Crippen LogP contribution in [-0.2, 0) is 0 Å². The van der Waals surface area contributed by atoms with E-state index in [0.29, 0.717) is 0 Å². The van der Waals surface area contributed by atoms with Gasteiger partial charge in [-0.15, -0.1) is 11.3 Å². The number of benzene rings is 9. The second-order valence-electron chi connectivity index (χ2n) is 14.9. The van der Waals surface area contributed by atoms with Crippen molar-refractivity contribution in [2.75, 3.05) is 0 Å². The molecule has 0 atom stereocenters. The number of aromatic nitrogens is 2. The van der Waals surface area contributed by atoms with Gasteiger partial charge in [0.25, 0.3) is 0 Å². The van der Waals surface area contributed by atoms with Crippen LogP contribution in [0.2, 0.25) is 0 Å². The average molecular weight is 743 g/mol. The quantitative estimate of drug-likeness (QED) is 0.166.